The Morgan fingerprint density at radius 2 is 1.79 bits per heavy atom. The number of hydrogen-bond acceptors (Lipinski definition) is 2. The number of nitrogens with one attached hydrogen (secondary N) is 1. The van der Waals surface area contributed by atoms with E-state index in [1.807, 2.05) is 30.2 Å². The second kappa shape index (κ2) is 8.85. The summed E-state index contributed by atoms with van der Waals surface area (Å²) in [5.41, 5.74) is 1.22. The summed E-state index contributed by atoms with van der Waals surface area (Å²) in [5, 5.41) is 4.28. The first kappa shape index (κ1) is 24.2. The minimum absolute atomic E-state index is 0.0700. The van der Waals surface area contributed by atoms with Gasteiger partial charge in [0.15, 0.2) is 0 Å². The Morgan fingerprint density at radius 1 is 1.06 bits per heavy atom. The molecule has 4 aliphatic rings. The molecule has 4 nitrogen and oxygen atoms in total. The molecule has 0 bridgehead atoms. The van der Waals surface area contributed by atoms with Crippen LogP contribution in [-0.4, -0.2) is 29.8 Å². The summed E-state index contributed by atoms with van der Waals surface area (Å²) in [6.07, 6.45) is 11.6. The van der Waals surface area contributed by atoms with Crippen molar-refractivity contribution in [3.8, 4) is 0 Å². The van der Waals surface area contributed by atoms with E-state index in [-0.39, 0.29) is 22.6 Å². The Balaban J connectivity index is 1.26. The summed E-state index contributed by atoms with van der Waals surface area (Å²) < 4.78 is 0. The van der Waals surface area contributed by atoms with Crippen LogP contribution in [0.15, 0.2) is 30.4 Å². The molecule has 5 rings (SSSR count). The van der Waals surface area contributed by atoms with Gasteiger partial charge in [0.25, 0.3) is 0 Å². The van der Waals surface area contributed by atoms with Gasteiger partial charge in [-0.3, -0.25) is 9.59 Å². The largest absolute Gasteiger partial charge is 0.352 e. The lowest BCUT2D eigenvalue weighted by molar-refractivity contribution is -0.139. The predicted molar refractivity (Wildman–Crippen MR) is 136 cm³/mol. The summed E-state index contributed by atoms with van der Waals surface area (Å²) in [5.74, 6) is 2.68. The average Bonchev–Trinajstić information content (AvgIpc) is 3.11. The van der Waals surface area contributed by atoms with Crippen molar-refractivity contribution in [2.24, 2.45) is 34.5 Å². The normalized spacial score (nSPS) is 38.8. The quantitative estimate of drug-likeness (QED) is 0.528. The zero-order valence-corrected chi connectivity index (χ0v) is 22.0. The molecule has 1 aliphatic heterocycles. The van der Waals surface area contributed by atoms with Gasteiger partial charge in [0.05, 0.1) is 0 Å². The highest BCUT2D eigenvalue weighted by Gasteiger charge is 2.60. The molecule has 4 unspecified atom stereocenters. The monoisotopic (exact) mass is 502 g/mol. The van der Waals surface area contributed by atoms with E-state index >= 15 is 0 Å². The molecule has 3 saturated carbocycles. The Morgan fingerprint density at radius 3 is 2.53 bits per heavy atom. The SMILES string of the molecule is CN1C(=O)C=C[C@]2(C)C3CC[C@@]4(C)C(CC[C@@H]4CC(=O)NCc4cc(Cl)cc(Cl)c4)C3CCC12. The van der Waals surface area contributed by atoms with Gasteiger partial charge >= 0.3 is 0 Å². The molecule has 1 aromatic rings. The van der Waals surface area contributed by atoms with Crippen LogP contribution in [0.5, 0.6) is 0 Å². The first-order valence-electron chi connectivity index (χ1n) is 12.8. The summed E-state index contributed by atoms with van der Waals surface area (Å²) in [4.78, 5) is 27.2. The van der Waals surface area contributed by atoms with Gasteiger partial charge < -0.3 is 10.2 Å². The Bertz CT molecular complexity index is 1010. The number of carbonyl (C=O) groups excluding carboxylic acids is 2. The van der Waals surface area contributed by atoms with Crippen LogP contribution in [0.2, 0.25) is 10.0 Å². The number of carbonyl (C=O) groups is 2. The summed E-state index contributed by atoms with van der Waals surface area (Å²) in [7, 11) is 1.98. The smallest absolute Gasteiger partial charge is 0.246 e. The lowest BCUT2D eigenvalue weighted by atomic mass is 9.47. The Labute approximate surface area is 213 Å². The predicted octanol–water partition coefficient (Wildman–Crippen LogP) is 6.26. The number of benzene rings is 1. The number of likely N-dealkylation sites (N-methyl/N-ethyl adjacent to an activating group) is 1. The van der Waals surface area contributed by atoms with Crippen molar-refractivity contribution in [2.45, 2.75) is 71.4 Å². The van der Waals surface area contributed by atoms with Crippen molar-refractivity contribution in [3.05, 3.63) is 46.0 Å². The first-order chi connectivity index (χ1) is 16.1. The average molecular weight is 504 g/mol. The zero-order chi connectivity index (χ0) is 24.3. The molecule has 0 spiro atoms. The van der Waals surface area contributed by atoms with Gasteiger partial charge in [-0.2, -0.15) is 0 Å². The number of nitrogens with zero attached hydrogens (tertiary/aromatic N) is 1. The van der Waals surface area contributed by atoms with Crippen LogP contribution in [0.4, 0.5) is 0 Å². The summed E-state index contributed by atoms with van der Waals surface area (Å²) >= 11 is 12.2. The van der Waals surface area contributed by atoms with E-state index in [0.29, 0.717) is 52.7 Å². The number of rotatable bonds is 4. The van der Waals surface area contributed by atoms with Gasteiger partial charge in [-0.25, -0.2) is 0 Å². The molecule has 34 heavy (non-hydrogen) atoms. The molecule has 3 fully saturated rings. The van der Waals surface area contributed by atoms with E-state index in [1.54, 1.807) is 6.07 Å². The molecule has 0 radical (unpaired) electrons. The Kier molecular flexibility index (Phi) is 6.30. The minimum atomic E-state index is 0.0700. The minimum Gasteiger partial charge on any atom is -0.352 e. The second-order valence-corrected chi connectivity index (χ2v) is 12.6. The first-order valence-corrected chi connectivity index (χ1v) is 13.5. The molecule has 7 atom stereocenters. The van der Waals surface area contributed by atoms with E-state index in [1.165, 1.54) is 25.7 Å². The standard InChI is InChI=1S/C28H36Cl2N2O2/c1-27-10-8-23-21(5-7-24-28(23,2)11-9-26(34)32(24)3)22(27)6-4-18(27)14-25(33)31-16-17-12-19(29)15-20(30)13-17/h9,11-13,15,18,21-24H,4-8,10,14,16H2,1-3H3,(H,31,33)/t18-,21?,22?,23?,24?,27-,28-/m1/s1. The van der Waals surface area contributed by atoms with Gasteiger partial charge in [0.1, 0.15) is 0 Å². The van der Waals surface area contributed by atoms with Crippen molar-refractivity contribution in [1.29, 1.82) is 0 Å². The van der Waals surface area contributed by atoms with Crippen LogP contribution < -0.4 is 5.32 Å². The van der Waals surface area contributed by atoms with Gasteiger partial charge in [-0.05, 0) is 97.5 Å². The third-order valence-corrected chi connectivity index (χ3v) is 10.6. The van der Waals surface area contributed by atoms with Crippen LogP contribution in [-0.2, 0) is 16.1 Å². The van der Waals surface area contributed by atoms with Gasteiger partial charge in [0.2, 0.25) is 11.8 Å². The van der Waals surface area contributed by atoms with Crippen molar-refractivity contribution in [1.82, 2.24) is 10.2 Å². The van der Waals surface area contributed by atoms with Gasteiger partial charge in [-0.15, -0.1) is 0 Å². The highest BCUT2D eigenvalue weighted by atomic mass is 35.5. The van der Waals surface area contributed by atoms with E-state index in [2.05, 4.69) is 25.2 Å². The van der Waals surface area contributed by atoms with Crippen LogP contribution in [0, 0.1) is 34.5 Å². The van der Waals surface area contributed by atoms with E-state index < -0.39 is 0 Å². The fourth-order valence-electron chi connectivity index (χ4n) is 8.39. The molecule has 2 amide bonds. The summed E-state index contributed by atoms with van der Waals surface area (Å²) in [6.45, 7) is 5.30. The molecule has 1 N–H and O–H groups in total. The van der Waals surface area contributed by atoms with Crippen LogP contribution >= 0.6 is 23.2 Å². The van der Waals surface area contributed by atoms with Gasteiger partial charge in [0, 0.05) is 41.5 Å². The lowest BCUT2D eigenvalue weighted by Gasteiger charge is -2.60. The molecule has 0 saturated heterocycles. The maximum absolute atomic E-state index is 12.9. The molecule has 184 valence electrons. The molecule has 1 heterocycles. The van der Waals surface area contributed by atoms with Crippen molar-refractivity contribution in [3.63, 3.8) is 0 Å². The highest BCUT2D eigenvalue weighted by molar-refractivity contribution is 6.34. The fraction of sp³-hybridized carbons (Fsp3) is 0.643. The molecule has 6 heteroatoms. The van der Waals surface area contributed by atoms with Crippen LogP contribution in [0.1, 0.15) is 64.4 Å². The number of halogens is 2. The number of amides is 2. The maximum atomic E-state index is 12.9. The zero-order valence-electron chi connectivity index (χ0n) is 20.4. The van der Waals surface area contributed by atoms with E-state index in [9.17, 15) is 9.59 Å². The van der Waals surface area contributed by atoms with Crippen LogP contribution in [0.3, 0.4) is 0 Å². The van der Waals surface area contributed by atoms with Crippen LogP contribution in [0.25, 0.3) is 0 Å². The lowest BCUT2D eigenvalue weighted by Crippen LogP contribution is -2.59. The third kappa shape index (κ3) is 3.99. The van der Waals surface area contributed by atoms with E-state index in [0.717, 1.165) is 18.4 Å². The van der Waals surface area contributed by atoms with E-state index in [4.69, 9.17) is 23.2 Å². The second-order valence-electron chi connectivity index (χ2n) is 11.7. The summed E-state index contributed by atoms with van der Waals surface area (Å²) in [6, 6.07) is 5.73. The molecule has 3 aliphatic carbocycles. The maximum Gasteiger partial charge on any atom is 0.246 e. The molecular weight excluding hydrogens is 467 g/mol. The highest BCUT2D eigenvalue weighted by Crippen LogP contribution is 2.65. The third-order valence-electron chi connectivity index (χ3n) is 10.2. The van der Waals surface area contributed by atoms with Crippen molar-refractivity contribution < 1.29 is 9.59 Å². The number of hydrogen-bond donors (Lipinski definition) is 1. The van der Waals surface area contributed by atoms with Crippen molar-refractivity contribution >= 4 is 35.0 Å². The fourth-order valence-corrected chi connectivity index (χ4v) is 8.96. The van der Waals surface area contributed by atoms with Crippen molar-refractivity contribution in [2.75, 3.05) is 7.05 Å². The topological polar surface area (TPSA) is 49.4 Å². The molecular formula is C28H36Cl2N2O2. The number of fused-ring (bicyclic) bond motifs is 5. The van der Waals surface area contributed by atoms with Gasteiger partial charge in [-0.1, -0.05) is 43.1 Å². The molecule has 1 aromatic carbocycles. The Hall–Kier alpha value is -1.52. The molecule has 0 aromatic heterocycles.